The molecule has 4 nitrogen and oxygen atoms in total. The summed E-state index contributed by atoms with van der Waals surface area (Å²) in [5.41, 5.74) is 0.796. The molecule has 13 heavy (non-hydrogen) atoms. The van der Waals surface area contributed by atoms with Gasteiger partial charge in [-0.2, -0.15) is 0 Å². The second-order valence-electron chi connectivity index (χ2n) is 3.18. The van der Waals surface area contributed by atoms with Crippen molar-refractivity contribution >= 4 is 5.90 Å². The van der Waals surface area contributed by atoms with Gasteiger partial charge in [-0.1, -0.05) is 0 Å². The molecule has 0 aromatic carbocycles. The number of imidazole rings is 1. The summed E-state index contributed by atoms with van der Waals surface area (Å²) in [4.78, 5) is 4.03. The minimum atomic E-state index is 0.229. The number of nitrogens with zero attached hydrogens (tertiary/aromatic N) is 2. The molecule has 1 aromatic heterocycles. The second kappa shape index (κ2) is 3.20. The molecule has 0 atom stereocenters. The van der Waals surface area contributed by atoms with Gasteiger partial charge in [0.2, 0.25) is 5.90 Å². The van der Waals surface area contributed by atoms with Crippen molar-refractivity contribution in [2.45, 2.75) is 25.8 Å². The van der Waals surface area contributed by atoms with Crippen molar-refractivity contribution in [3.05, 3.63) is 18.2 Å². The lowest BCUT2D eigenvalue weighted by molar-refractivity contribution is 0.323. The predicted octanol–water partition coefficient (Wildman–Crippen LogP) is 1.58. The Morgan fingerprint density at radius 1 is 1.77 bits per heavy atom. The van der Waals surface area contributed by atoms with Crippen LogP contribution in [0.4, 0.5) is 0 Å². The van der Waals surface area contributed by atoms with E-state index in [2.05, 4.69) is 4.98 Å². The maximum absolute atomic E-state index is 7.63. The zero-order chi connectivity index (χ0) is 9.26. The van der Waals surface area contributed by atoms with Gasteiger partial charge >= 0.3 is 0 Å². The highest BCUT2D eigenvalue weighted by atomic mass is 16.5. The molecule has 70 valence electrons. The maximum atomic E-state index is 7.63. The number of aromatic nitrogens is 2. The summed E-state index contributed by atoms with van der Waals surface area (Å²) in [6, 6.07) is 0.554. The van der Waals surface area contributed by atoms with E-state index in [9.17, 15) is 0 Å². The van der Waals surface area contributed by atoms with E-state index in [1.165, 1.54) is 12.8 Å². The lowest BCUT2D eigenvalue weighted by atomic mass is 10.4. The van der Waals surface area contributed by atoms with Crippen molar-refractivity contribution in [3.63, 3.8) is 0 Å². The van der Waals surface area contributed by atoms with Crippen LogP contribution >= 0.6 is 0 Å². The third-order valence-corrected chi connectivity index (χ3v) is 2.13. The molecule has 1 aliphatic carbocycles. The average Bonchev–Trinajstić information content (AvgIpc) is 2.84. The van der Waals surface area contributed by atoms with Crippen molar-refractivity contribution in [3.8, 4) is 0 Å². The van der Waals surface area contributed by atoms with Crippen LogP contribution in [0.1, 0.15) is 31.5 Å². The van der Waals surface area contributed by atoms with Gasteiger partial charge in [0.25, 0.3) is 0 Å². The molecular formula is C9H13N3O. The van der Waals surface area contributed by atoms with E-state index >= 15 is 0 Å². The Bertz CT molecular complexity index is 314. The minimum Gasteiger partial charge on any atom is -0.477 e. The smallest absolute Gasteiger partial charge is 0.232 e. The van der Waals surface area contributed by atoms with Crippen LogP contribution < -0.4 is 0 Å². The van der Waals surface area contributed by atoms with Crippen molar-refractivity contribution in [1.82, 2.24) is 9.55 Å². The lowest BCUT2D eigenvalue weighted by Crippen LogP contribution is -2.10. The molecule has 1 fully saturated rings. The highest BCUT2D eigenvalue weighted by Crippen LogP contribution is 2.35. The van der Waals surface area contributed by atoms with Crippen LogP contribution in [0, 0.1) is 5.41 Å². The molecule has 0 saturated heterocycles. The van der Waals surface area contributed by atoms with E-state index in [1.807, 2.05) is 11.5 Å². The van der Waals surface area contributed by atoms with Crippen LogP contribution in [0.5, 0.6) is 0 Å². The van der Waals surface area contributed by atoms with E-state index in [-0.39, 0.29) is 5.90 Å². The summed E-state index contributed by atoms with van der Waals surface area (Å²) in [6.45, 7) is 2.42. The van der Waals surface area contributed by atoms with Gasteiger partial charge < -0.3 is 9.30 Å². The van der Waals surface area contributed by atoms with Crippen LogP contribution in [0.2, 0.25) is 0 Å². The molecule has 1 aromatic rings. The highest BCUT2D eigenvalue weighted by Gasteiger charge is 2.26. The van der Waals surface area contributed by atoms with E-state index in [4.69, 9.17) is 10.1 Å². The molecule has 1 saturated carbocycles. The molecule has 0 radical (unpaired) electrons. The standard InChI is InChI=1S/C9H13N3O/c1-2-13-9(10)8-5-11-6-12(8)7-3-4-7/h5-7,10H,2-4H2,1H3. The Kier molecular flexibility index (Phi) is 2.04. The molecule has 0 unspecified atom stereocenters. The molecule has 0 amide bonds. The molecule has 4 heteroatoms. The van der Waals surface area contributed by atoms with E-state index in [0.717, 1.165) is 5.69 Å². The summed E-state index contributed by atoms with van der Waals surface area (Å²) in [5, 5.41) is 7.63. The van der Waals surface area contributed by atoms with E-state index < -0.39 is 0 Å². The number of rotatable bonds is 3. The van der Waals surface area contributed by atoms with Gasteiger partial charge in [-0.15, -0.1) is 0 Å². The third-order valence-electron chi connectivity index (χ3n) is 2.13. The zero-order valence-electron chi connectivity index (χ0n) is 7.66. The van der Waals surface area contributed by atoms with Gasteiger partial charge in [-0.3, -0.25) is 5.41 Å². The van der Waals surface area contributed by atoms with Crippen molar-refractivity contribution < 1.29 is 4.74 Å². The molecule has 0 aliphatic heterocycles. The number of nitrogens with one attached hydrogen (secondary N) is 1. The molecule has 2 rings (SSSR count). The monoisotopic (exact) mass is 179 g/mol. The Balaban J connectivity index is 2.18. The van der Waals surface area contributed by atoms with Gasteiger partial charge in [0.1, 0.15) is 5.69 Å². The quantitative estimate of drug-likeness (QED) is 0.565. The molecule has 1 heterocycles. The summed E-state index contributed by atoms with van der Waals surface area (Å²) in [6.07, 6.45) is 5.86. The first-order valence-corrected chi connectivity index (χ1v) is 4.56. The Labute approximate surface area is 77.1 Å². The fourth-order valence-corrected chi connectivity index (χ4v) is 1.34. The van der Waals surface area contributed by atoms with Crippen LogP contribution in [-0.4, -0.2) is 22.1 Å². The van der Waals surface area contributed by atoms with E-state index in [1.54, 1.807) is 12.5 Å². The number of hydrogen-bond acceptors (Lipinski definition) is 3. The van der Waals surface area contributed by atoms with Crippen molar-refractivity contribution in [2.24, 2.45) is 0 Å². The van der Waals surface area contributed by atoms with Crippen LogP contribution in [0.15, 0.2) is 12.5 Å². The van der Waals surface area contributed by atoms with Crippen LogP contribution in [0.25, 0.3) is 0 Å². The lowest BCUT2D eigenvalue weighted by Gasteiger charge is -2.07. The van der Waals surface area contributed by atoms with Gasteiger partial charge in [0.15, 0.2) is 0 Å². The summed E-state index contributed by atoms with van der Waals surface area (Å²) in [7, 11) is 0. The molecule has 1 aliphatic rings. The zero-order valence-corrected chi connectivity index (χ0v) is 7.66. The van der Waals surface area contributed by atoms with Crippen LogP contribution in [-0.2, 0) is 4.74 Å². The molecule has 0 spiro atoms. The first-order chi connectivity index (χ1) is 6.33. The summed E-state index contributed by atoms with van der Waals surface area (Å²) >= 11 is 0. The fourth-order valence-electron chi connectivity index (χ4n) is 1.34. The number of hydrogen-bond donors (Lipinski definition) is 1. The van der Waals surface area contributed by atoms with Crippen molar-refractivity contribution in [1.29, 1.82) is 5.41 Å². The maximum Gasteiger partial charge on any atom is 0.232 e. The third kappa shape index (κ3) is 1.56. The van der Waals surface area contributed by atoms with E-state index in [0.29, 0.717) is 12.6 Å². The molecule has 1 N–H and O–H groups in total. The summed E-state index contributed by atoms with van der Waals surface area (Å²) < 4.78 is 7.15. The minimum absolute atomic E-state index is 0.229. The SMILES string of the molecule is CCOC(=N)c1cncn1C1CC1. The number of ether oxygens (including phenoxy) is 1. The van der Waals surface area contributed by atoms with Gasteiger partial charge in [0.05, 0.1) is 19.1 Å². The Hall–Kier alpha value is -1.32. The summed E-state index contributed by atoms with van der Waals surface area (Å²) in [5.74, 6) is 0.229. The largest absolute Gasteiger partial charge is 0.477 e. The van der Waals surface area contributed by atoms with Gasteiger partial charge in [-0.05, 0) is 19.8 Å². The predicted molar refractivity (Wildman–Crippen MR) is 49.0 cm³/mol. The first-order valence-electron chi connectivity index (χ1n) is 4.56. The topological polar surface area (TPSA) is 50.9 Å². The molecule has 0 bridgehead atoms. The average molecular weight is 179 g/mol. The normalized spacial score (nSPS) is 15.8. The molecular weight excluding hydrogens is 166 g/mol. The fraction of sp³-hybridized carbons (Fsp3) is 0.556. The highest BCUT2D eigenvalue weighted by molar-refractivity contribution is 5.89. The first kappa shape index (κ1) is 8.29. The Morgan fingerprint density at radius 3 is 3.15 bits per heavy atom. The van der Waals surface area contributed by atoms with Crippen molar-refractivity contribution in [2.75, 3.05) is 6.61 Å². The Morgan fingerprint density at radius 2 is 2.54 bits per heavy atom. The van der Waals surface area contributed by atoms with Gasteiger partial charge in [-0.25, -0.2) is 4.98 Å². The van der Waals surface area contributed by atoms with Gasteiger partial charge in [0, 0.05) is 6.04 Å². The second-order valence-corrected chi connectivity index (χ2v) is 3.18. The van der Waals surface area contributed by atoms with Crippen LogP contribution in [0.3, 0.4) is 0 Å².